The van der Waals surface area contributed by atoms with Gasteiger partial charge in [-0.1, -0.05) is 328 Å². The number of benzene rings is 19. The minimum Gasteiger partial charge on any atom is -0.311 e. The largest absolute Gasteiger partial charge is 0.311 e. The lowest BCUT2D eigenvalue weighted by Crippen LogP contribution is -2.09. The monoisotopic (exact) mass is 1320 g/mol. The van der Waals surface area contributed by atoms with Crippen molar-refractivity contribution in [3.8, 4) is 89.0 Å². The fraction of sp³-hybridized carbons (Fsp3) is 0. The van der Waals surface area contributed by atoms with Crippen molar-refractivity contribution in [2.45, 2.75) is 0 Å². The lowest BCUT2D eigenvalue weighted by Gasteiger charge is -2.27. The molecule has 0 aromatic heterocycles. The van der Waals surface area contributed by atoms with Crippen LogP contribution in [0.1, 0.15) is 0 Å². The maximum atomic E-state index is 2.40. The summed E-state index contributed by atoms with van der Waals surface area (Å²) in [5, 5.41) is 14.8. The maximum absolute atomic E-state index is 2.40. The molecule has 0 amide bonds. The Kier molecular flexibility index (Phi) is 15.6. The zero-order valence-electron chi connectivity index (χ0n) is 57.2. The average molecular weight is 1320 g/mol. The molecule has 19 aromatic rings. The molecule has 0 saturated carbocycles. The molecule has 0 aliphatic heterocycles. The highest BCUT2D eigenvalue weighted by atomic mass is 15.1. The van der Waals surface area contributed by atoms with E-state index in [0.717, 1.165) is 56.4 Å². The fourth-order valence-corrected chi connectivity index (χ4v) is 16.1. The number of hydrogen-bond donors (Lipinski definition) is 0. The van der Waals surface area contributed by atoms with Gasteiger partial charge >= 0.3 is 0 Å². The average Bonchev–Trinajstić information content (AvgIpc) is 0.756. The van der Waals surface area contributed by atoms with Gasteiger partial charge in [0.1, 0.15) is 0 Å². The van der Waals surface area contributed by atoms with E-state index < -0.39 is 0 Å². The van der Waals surface area contributed by atoms with E-state index in [1.165, 1.54) is 131 Å². The summed E-state index contributed by atoms with van der Waals surface area (Å²) in [7, 11) is 0. The van der Waals surface area contributed by atoms with Crippen LogP contribution in [0.2, 0.25) is 0 Å². The van der Waals surface area contributed by atoms with Crippen molar-refractivity contribution in [3.63, 3.8) is 0 Å². The third-order valence-electron chi connectivity index (χ3n) is 21.0. The lowest BCUT2D eigenvalue weighted by molar-refractivity contribution is 1.28. The summed E-state index contributed by atoms with van der Waals surface area (Å²) in [6.07, 6.45) is 0. The van der Waals surface area contributed by atoms with Crippen LogP contribution in [-0.2, 0) is 0 Å². The van der Waals surface area contributed by atoms with E-state index in [2.05, 4.69) is 422 Å². The first-order valence-corrected chi connectivity index (χ1v) is 35.9. The van der Waals surface area contributed by atoms with Gasteiger partial charge in [0.05, 0.1) is 0 Å². The first kappa shape index (κ1) is 61.4. The van der Waals surface area contributed by atoms with Gasteiger partial charge in [0.15, 0.2) is 0 Å². The Labute approximate surface area is 606 Å². The van der Waals surface area contributed by atoms with E-state index in [-0.39, 0.29) is 0 Å². The van der Waals surface area contributed by atoms with Crippen molar-refractivity contribution in [2.24, 2.45) is 0 Å². The molecule has 0 aliphatic carbocycles. The van der Waals surface area contributed by atoms with Crippen LogP contribution in [0, 0.1) is 0 Å². The number of fused-ring (bicyclic) bond motifs is 8. The van der Waals surface area contributed by atoms with Crippen molar-refractivity contribution >= 4 is 98.8 Å². The highest BCUT2D eigenvalue weighted by Gasteiger charge is 2.23. The van der Waals surface area contributed by atoms with E-state index in [1.54, 1.807) is 0 Å². The summed E-state index contributed by atoms with van der Waals surface area (Å²) in [4.78, 5) is 4.78. The number of nitrogens with zero attached hydrogens (tertiary/aromatic N) is 2. The van der Waals surface area contributed by atoms with Crippen molar-refractivity contribution < 1.29 is 0 Å². The molecule has 486 valence electrons. The topological polar surface area (TPSA) is 6.48 Å². The Morgan fingerprint density at radius 1 is 0.125 bits per heavy atom. The Hall–Kier alpha value is -13.7. The summed E-state index contributed by atoms with van der Waals surface area (Å²) in [6, 6.07) is 152. The zero-order chi connectivity index (χ0) is 68.9. The van der Waals surface area contributed by atoms with Crippen LogP contribution in [0.15, 0.2) is 413 Å². The van der Waals surface area contributed by atoms with Gasteiger partial charge in [-0.05, 0) is 239 Å². The third-order valence-corrected chi connectivity index (χ3v) is 21.0. The van der Waals surface area contributed by atoms with Crippen LogP contribution >= 0.6 is 0 Å². The Balaban J connectivity index is 0.701. The van der Waals surface area contributed by atoms with Crippen LogP contribution < -0.4 is 9.80 Å². The van der Waals surface area contributed by atoms with Crippen molar-refractivity contribution in [2.75, 3.05) is 9.80 Å². The SMILES string of the molecule is c1ccc(-c2ccc(N(c3ccc(-c4cccc5ccccc45)cc3)c3ccc(-c4c(-c5cccc(-c6ccc(N(c7ccc(-c8ccc9ccccc9c8)cc7)c7ccc(-c8c(-c9ccccc9)c9ccccc9c9ccccc89)cc7)cc6)c5)c5ccccc5c5ccccc45)cc3)cc2)cc1. The quantitative estimate of drug-likeness (QED) is 0.100. The van der Waals surface area contributed by atoms with Gasteiger partial charge in [-0.25, -0.2) is 0 Å². The molecule has 0 unspecified atom stereocenters. The normalized spacial score (nSPS) is 11.5. The molecule has 104 heavy (non-hydrogen) atoms. The first-order valence-electron chi connectivity index (χ1n) is 35.9. The predicted molar refractivity (Wildman–Crippen MR) is 444 cm³/mol. The number of rotatable bonds is 14. The van der Waals surface area contributed by atoms with Gasteiger partial charge in [0, 0.05) is 34.1 Å². The van der Waals surface area contributed by atoms with Crippen LogP contribution in [0.4, 0.5) is 34.1 Å². The first-order chi connectivity index (χ1) is 51.6. The highest BCUT2D eigenvalue weighted by molar-refractivity contribution is 6.23. The van der Waals surface area contributed by atoms with Crippen molar-refractivity contribution in [1.29, 1.82) is 0 Å². The van der Waals surface area contributed by atoms with E-state index >= 15 is 0 Å². The minimum atomic E-state index is 1.06. The number of hydrogen-bond acceptors (Lipinski definition) is 2. The Morgan fingerprint density at radius 2 is 0.385 bits per heavy atom. The predicted octanol–water partition coefficient (Wildman–Crippen LogP) is 28.9. The molecule has 2 nitrogen and oxygen atoms in total. The second kappa shape index (κ2) is 26.5. The summed E-state index contributed by atoms with van der Waals surface area (Å²) in [6.45, 7) is 0. The minimum absolute atomic E-state index is 1.06. The molecule has 19 aromatic carbocycles. The van der Waals surface area contributed by atoms with Crippen LogP contribution in [-0.4, -0.2) is 0 Å². The molecule has 19 rings (SSSR count). The summed E-state index contributed by atoms with van der Waals surface area (Å²) in [5.41, 5.74) is 25.4. The summed E-state index contributed by atoms with van der Waals surface area (Å²) >= 11 is 0. The molecule has 0 bridgehead atoms. The molecule has 0 aliphatic rings. The molecule has 0 radical (unpaired) electrons. The molecular formula is C102H68N2. The molecular weight excluding hydrogens is 1250 g/mol. The fourth-order valence-electron chi connectivity index (χ4n) is 16.1. The van der Waals surface area contributed by atoms with E-state index in [1.807, 2.05) is 0 Å². The standard InChI is InChI=1S/C102H68N2/c1-3-21-69(22-4-1)71-43-55-83(56-44-71)104(86-61-49-75(50-62-86)90-40-20-28-74-24-9-10-31-89(74)90)88-65-53-78(54-66-88)101-97-38-17-13-34-93(97)94-35-14-18-39-98(94)102(101)82-30-19-29-80(68-82)72-45-57-84(58-46-72)103(85-59-47-73(48-60-85)81-42-41-70-23-7-8-27-79(70)67-81)87-63-51-77(52-64-87)100-96-37-16-12-33-92(96)91-32-11-15-36-95(91)99(100)76-25-5-2-6-26-76/h1-68H. The number of anilines is 6. The van der Waals surface area contributed by atoms with E-state index in [9.17, 15) is 0 Å². The second-order valence-corrected chi connectivity index (χ2v) is 27.0. The zero-order valence-corrected chi connectivity index (χ0v) is 57.2. The van der Waals surface area contributed by atoms with Crippen molar-refractivity contribution in [1.82, 2.24) is 0 Å². The van der Waals surface area contributed by atoms with Crippen LogP contribution in [0.5, 0.6) is 0 Å². The van der Waals surface area contributed by atoms with Gasteiger partial charge in [-0.15, -0.1) is 0 Å². The maximum Gasteiger partial charge on any atom is 0.0462 e. The molecule has 0 fully saturated rings. The summed E-state index contributed by atoms with van der Waals surface area (Å²) in [5.74, 6) is 0. The molecule has 0 atom stereocenters. The van der Waals surface area contributed by atoms with Crippen LogP contribution in [0.25, 0.3) is 154 Å². The highest BCUT2D eigenvalue weighted by Crippen LogP contribution is 2.49. The second-order valence-electron chi connectivity index (χ2n) is 27.0. The summed E-state index contributed by atoms with van der Waals surface area (Å²) < 4.78 is 0. The van der Waals surface area contributed by atoms with Gasteiger partial charge in [0.25, 0.3) is 0 Å². The van der Waals surface area contributed by atoms with Crippen molar-refractivity contribution in [3.05, 3.63) is 413 Å². The van der Waals surface area contributed by atoms with E-state index in [0.29, 0.717) is 0 Å². The lowest BCUT2D eigenvalue weighted by atomic mass is 9.84. The third kappa shape index (κ3) is 11.2. The molecule has 0 spiro atoms. The Bertz CT molecular complexity index is 6400. The van der Waals surface area contributed by atoms with Gasteiger partial charge in [-0.3, -0.25) is 0 Å². The van der Waals surface area contributed by atoms with Gasteiger partial charge < -0.3 is 9.80 Å². The van der Waals surface area contributed by atoms with Crippen LogP contribution in [0.3, 0.4) is 0 Å². The van der Waals surface area contributed by atoms with E-state index in [4.69, 9.17) is 0 Å². The van der Waals surface area contributed by atoms with Gasteiger partial charge in [0.2, 0.25) is 0 Å². The smallest absolute Gasteiger partial charge is 0.0462 e. The Morgan fingerprint density at radius 3 is 0.827 bits per heavy atom. The molecule has 2 heteroatoms. The molecule has 0 N–H and O–H groups in total. The van der Waals surface area contributed by atoms with Gasteiger partial charge in [-0.2, -0.15) is 0 Å². The molecule has 0 saturated heterocycles. The molecule has 0 heterocycles.